The Morgan fingerprint density at radius 2 is 1.76 bits per heavy atom. The van der Waals surface area contributed by atoms with Crippen molar-refractivity contribution in [3.05, 3.63) is 89.7 Å². The van der Waals surface area contributed by atoms with Crippen molar-refractivity contribution in [1.82, 2.24) is 14.8 Å². The molecule has 4 aromatic rings. The van der Waals surface area contributed by atoms with E-state index in [9.17, 15) is 4.39 Å². The van der Waals surface area contributed by atoms with Crippen molar-refractivity contribution in [3.63, 3.8) is 0 Å². The second-order valence-electron chi connectivity index (χ2n) is 6.60. The van der Waals surface area contributed by atoms with E-state index >= 15 is 0 Å². The fourth-order valence-electron chi connectivity index (χ4n) is 3.09. The molecule has 0 aliphatic heterocycles. The van der Waals surface area contributed by atoms with E-state index < -0.39 is 0 Å². The van der Waals surface area contributed by atoms with Crippen molar-refractivity contribution < 1.29 is 9.13 Å². The largest absolute Gasteiger partial charge is 0.497 e. The SMILES string of the molecule is COc1ccc(-n2c(SCc3cccc(C)c3)nnc2-c2ccccc2F)cc1. The van der Waals surface area contributed by atoms with Gasteiger partial charge in [0.2, 0.25) is 0 Å². The van der Waals surface area contributed by atoms with Crippen molar-refractivity contribution in [2.24, 2.45) is 0 Å². The Kier molecular flexibility index (Phi) is 5.62. The van der Waals surface area contributed by atoms with Gasteiger partial charge in [-0.05, 0) is 48.9 Å². The number of benzene rings is 3. The molecule has 3 aromatic carbocycles. The molecule has 29 heavy (non-hydrogen) atoms. The molecule has 4 nitrogen and oxygen atoms in total. The summed E-state index contributed by atoms with van der Waals surface area (Å²) >= 11 is 1.57. The third-order valence-corrected chi connectivity index (χ3v) is 5.53. The number of rotatable bonds is 6. The van der Waals surface area contributed by atoms with Gasteiger partial charge in [0, 0.05) is 5.75 Å². The molecule has 1 heterocycles. The van der Waals surface area contributed by atoms with Gasteiger partial charge in [-0.2, -0.15) is 0 Å². The number of halogens is 1. The third kappa shape index (κ3) is 4.17. The summed E-state index contributed by atoms with van der Waals surface area (Å²) in [6.45, 7) is 2.07. The minimum absolute atomic E-state index is 0.329. The minimum atomic E-state index is -0.329. The van der Waals surface area contributed by atoms with E-state index in [1.54, 1.807) is 37.1 Å². The molecule has 0 radical (unpaired) electrons. The maximum Gasteiger partial charge on any atom is 0.196 e. The van der Waals surface area contributed by atoms with Crippen LogP contribution in [0.25, 0.3) is 17.1 Å². The summed E-state index contributed by atoms with van der Waals surface area (Å²) in [5.74, 6) is 1.64. The zero-order valence-electron chi connectivity index (χ0n) is 16.2. The van der Waals surface area contributed by atoms with Crippen LogP contribution in [-0.4, -0.2) is 21.9 Å². The monoisotopic (exact) mass is 405 g/mol. The molecule has 4 rings (SSSR count). The first kappa shape index (κ1) is 19.2. The standard InChI is InChI=1S/C23H20FN3OS/c1-16-6-5-7-17(14-16)15-29-23-26-25-22(20-8-3-4-9-21(20)24)27(23)18-10-12-19(28-2)13-11-18/h3-14H,15H2,1-2H3. The lowest BCUT2D eigenvalue weighted by molar-refractivity contribution is 0.414. The molecular formula is C23H20FN3OS. The topological polar surface area (TPSA) is 39.9 Å². The normalized spacial score (nSPS) is 10.9. The first-order valence-electron chi connectivity index (χ1n) is 9.19. The van der Waals surface area contributed by atoms with Crippen LogP contribution in [0.1, 0.15) is 11.1 Å². The lowest BCUT2D eigenvalue weighted by Crippen LogP contribution is -2.01. The highest BCUT2D eigenvalue weighted by Gasteiger charge is 2.18. The number of thioether (sulfide) groups is 1. The molecule has 0 unspecified atom stereocenters. The average Bonchev–Trinajstić information content (AvgIpc) is 3.16. The maximum absolute atomic E-state index is 14.5. The summed E-state index contributed by atoms with van der Waals surface area (Å²) in [4.78, 5) is 0. The average molecular weight is 405 g/mol. The number of aromatic nitrogens is 3. The van der Waals surface area contributed by atoms with E-state index in [1.165, 1.54) is 17.2 Å². The minimum Gasteiger partial charge on any atom is -0.497 e. The van der Waals surface area contributed by atoms with E-state index in [-0.39, 0.29) is 5.82 Å². The second kappa shape index (κ2) is 8.49. The molecule has 0 spiro atoms. The van der Waals surface area contributed by atoms with E-state index in [0.717, 1.165) is 17.2 Å². The summed E-state index contributed by atoms with van der Waals surface area (Å²) < 4.78 is 21.6. The van der Waals surface area contributed by atoms with Gasteiger partial charge in [-0.3, -0.25) is 4.57 Å². The third-order valence-electron chi connectivity index (χ3n) is 4.53. The summed E-state index contributed by atoms with van der Waals surface area (Å²) in [7, 11) is 1.63. The van der Waals surface area contributed by atoms with Crippen LogP contribution >= 0.6 is 11.8 Å². The van der Waals surface area contributed by atoms with E-state index in [2.05, 4.69) is 35.3 Å². The van der Waals surface area contributed by atoms with Gasteiger partial charge in [0.05, 0.1) is 18.4 Å². The fourth-order valence-corrected chi connectivity index (χ4v) is 3.99. The van der Waals surface area contributed by atoms with Gasteiger partial charge in [-0.15, -0.1) is 10.2 Å². The Bertz CT molecular complexity index is 1130. The number of ether oxygens (including phenoxy) is 1. The molecule has 0 fully saturated rings. The predicted molar refractivity (Wildman–Crippen MR) is 114 cm³/mol. The quantitative estimate of drug-likeness (QED) is 0.387. The fraction of sp³-hybridized carbons (Fsp3) is 0.130. The highest BCUT2D eigenvalue weighted by molar-refractivity contribution is 7.98. The molecule has 146 valence electrons. The van der Waals surface area contributed by atoms with Gasteiger partial charge in [-0.1, -0.05) is 53.7 Å². The molecule has 0 atom stereocenters. The maximum atomic E-state index is 14.5. The van der Waals surface area contributed by atoms with Crippen LogP contribution in [0, 0.1) is 12.7 Å². The van der Waals surface area contributed by atoms with Crippen LogP contribution in [0.4, 0.5) is 4.39 Å². The van der Waals surface area contributed by atoms with Crippen molar-refractivity contribution in [2.75, 3.05) is 7.11 Å². The smallest absolute Gasteiger partial charge is 0.196 e. The van der Waals surface area contributed by atoms with Crippen LogP contribution in [0.2, 0.25) is 0 Å². The zero-order valence-corrected chi connectivity index (χ0v) is 17.0. The number of aryl methyl sites for hydroxylation is 1. The van der Waals surface area contributed by atoms with Crippen molar-refractivity contribution in [2.45, 2.75) is 17.8 Å². The van der Waals surface area contributed by atoms with Gasteiger partial charge >= 0.3 is 0 Å². The molecule has 6 heteroatoms. The van der Waals surface area contributed by atoms with E-state index in [1.807, 2.05) is 34.9 Å². The summed E-state index contributed by atoms with van der Waals surface area (Å²) in [6, 6.07) is 22.6. The Morgan fingerprint density at radius 1 is 0.966 bits per heavy atom. The van der Waals surface area contributed by atoms with Crippen molar-refractivity contribution in [3.8, 4) is 22.8 Å². The number of hydrogen-bond donors (Lipinski definition) is 0. The lowest BCUT2D eigenvalue weighted by atomic mass is 10.2. The first-order valence-corrected chi connectivity index (χ1v) is 10.2. The van der Waals surface area contributed by atoms with E-state index in [4.69, 9.17) is 4.74 Å². The van der Waals surface area contributed by atoms with Crippen molar-refractivity contribution in [1.29, 1.82) is 0 Å². The summed E-state index contributed by atoms with van der Waals surface area (Å²) in [6.07, 6.45) is 0. The number of methoxy groups -OCH3 is 1. The molecule has 1 aromatic heterocycles. The van der Waals surface area contributed by atoms with Gasteiger partial charge in [0.1, 0.15) is 11.6 Å². The molecule has 0 bridgehead atoms. The van der Waals surface area contributed by atoms with Crippen LogP contribution in [0.3, 0.4) is 0 Å². The van der Waals surface area contributed by atoms with Crippen LogP contribution < -0.4 is 4.74 Å². The first-order chi connectivity index (χ1) is 14.2. The van der Waals surface area contributed by atoms with Crippen molar-refractivity contribution >= 4 is 11.8 Å². The molecule has 0 N–H and O–H groups in total. The zero-order chi connectivity index (χ0) is 20.2. The van der Waals surface area contributed by atoms with Gasteiger partial charge in [0.25, 0.3) is 0 Å². The van der Waals surface area contributed by atoms with Crippen LogP contribution in [0.5, 0.6) is 5.75 Å². The van der Waals surface area contributed by atoms with Gasteiger partial charge in [-0.25, -0.2) is 4.39 Å². The Balaban J connectivity index is 1.75. The van der Waals surface area contributed by atoms with Gasteiger partial charge < -0.3 is 4.74 Å². The molecule has 0 amide bonds. The second-order valence-corrected chi connectivity index (χ2v) is 7.54. The summed E-state index contributed by atoms with van der Waals surface area (Å²) in [5, 5.41) is 9.39. The number of hydrogen-bond acceptors (Lipinski definition) is 4. The predicted octanol–water partition coefficient (Wildman–Crippen LogP) is 5.68. The highest BCUT2D eigenvalue weighted by Crippen LogP contribution is 2.31. The Hall–Kier alpha value is -3.12. The molecule has 0 saturated carbocycles. The van der Waals surface area contributed by atoms with Crippen LogP contribution in [-0.2, 0) is 5.75 Å². The Morgan fingerprint density at radius 3 is 2.48 bits per heavy atom. The van der Waals surface area contributed by atoms with Gasteiger partial charge in [0.15, 0.2) is 11.0 Å². The Labute approximate surface area is 173 Å². The lowest BCUT2D eigenvalue weighted by Gasteiger charge is -2.11. The highest BCUT2D eigenvalue weighted by atomic mass is 32.2. The molecular weight excluding hydrogens is 385 g/mol. The molecule has 0 saturated heterocycles. The summed E-state index contributed by atoms with van der Waals surface area (Å²) in [5.41, 5.74) is 3.68. The van der Waals surface area contributed by atoms with E-state index in [0.29, 0.717) is 16.5 Å². The molecule has 0 aliphatic carbocycles. The number of nitrogens with zero attached hydrogens (tertiary/aromatic N) is 3. The molecule has 0 aliphatic rings. The van der Waals surface area contributed by atoms with Crippen LogP contribution in [0.15, 0.2) is 78.0 Å².